The molecule has 24 heavy (non-hydrogen) atoms. The van der Waals surface area contributed by atoms with Gasteiger partial charge in [-0.25, -0.2) is 9.59 Å². The van der Waals surface area contributed by atoms with E-state index in [2.05, 4.69) is 15.9 Å². The average molecular weight is 399 g/mol. The molecule has 0 N–H and O–H groups in total. The molecule has 1 saturated heterocycles. The molecule has 2 rings (SSSR count). The zero-order chi connectivity index (χ0) is 17.9. The predicted octanol–water partition coefficient (Wildman–Crippen LogP) is 3.43. The van der Waals surface area contributed by atoms with Gasteiger partial charge in [0.2, 0.25) is 0 Å². The summed E-state index contributed by atoms with van der Waals surface area (Å²) in [6, 6.07) is 7.02. The number of imide groups is 1. The van der Waals surface area contributed by atoms with Gasteiger partial charge in [0.25, 0.3) is 5.91 Å². The molecular weight excluding hydrogens is 380 g/mol. The Labute approximate surface area is 148 Å². The van der Waals surface area contributed by atoms with Crippen LogP contribution in [0.2, 0.25) is 0 Å². The Morgan fingerprint density at radius 1 is 1.04 bits per heavy atom. The van der Waals surface area contributed by atoms with Gasteiger partial charge in [0.15, 0.2) is 5.54 Å². The first-order valence-corrected chi connectivity index (χ1v) is 8.47. The third-order valence-electron chi connectivity index (χ3n) is 3.82. The monoisotopic (exact) mass is 398 g/mol. The Morgan fingerprint density at radius 2 is 1.58 bits per heavy atom. The molecule has 0 bridgehead atoms. The molecule has 130 valence electrons. The number of amides is 3. The highest BCUT2D eigenvalue weighted by Gasteiger charge is 2.65. The first kappa shape index (κ1) is 18.3. The fourth-order valence-corrected chi connectivity index (χ4v) is 2.99. The highest BCUT2D eigenvalue weighted by atomic mass is 79.9. The molecule has 1 aromatic carbocycles. The van der Waals surface area contributed by atoms with Crippen molar-refractivity contribution in [3.63, 3.8) is 0 Å². The maximum absolute atomic E-state index is 12.8. The van der Waals surface area contributed by atoms with Crippen molar-refractivity contribution in [2.75, 3.05) is 13.2 Å². The second kappa shape index (κ2) is 7.21. The number of hydrazine groups is 1. The summed E-state index contributed by atoms with van der Waals surface area (Å²) in [6.07, 6.45) is -1.37. The molecule has 1 heterocycles. The number of halogens is 1. The topological polar surface area (TPSA) is 76.2 Å². The summed E-state index contributed by atoms with van der Waals surface area (Å²) in [5.74, 6) is -0.515. The van der Waals surface area contributed by atoms with Gasteiger partial charge in [-0.3, -0.25) is 4.79 Å². The van der Waals surface area contributed by atoms with Crippen LogP contribution in [0.5, 0.6) is 0 Å². The molecular formula is C16H19BrN2O5. The summed E-state index contributed by atoms with van der Waals surface area (Å²) in [4.78, 5) is 37.3. The van der Waals surface area contributed by atoms with Crippen LogP contribution in [0.4, 0.5) is 9.59 Å². The van der Waals surface area contributed by atoms with Crippen molar-refractivity contribution in [1.82, 2.24) is 10.0 Å². The number of carbonyl (C=O) groups excluding carboxylic acids is 3. The van der Waals surface area contributed by atoms with E-state index in [1.54, 1.807) is 45.0 Å². The van der Waals surface area contributed by atoms with Crippen LogP contribution in [-0.2, 0) is 19.8 Å². The number of rotatable bonds is 4. The highest BCUT2D eigenvalue weighted by molar-refractivity contribution is 9.10. The summed E-state index contributed by atoms with van der Waals surface area (Å²) in [5, 5.41) is 1.74. The molecule has 1 aliphatic heterocycles. The van der Waals surface area contributed by atoms with Crippen LogP contribution in [-0.4, -0.2) is 41.3 Å². The predicted molar refractivity (Wildman–Crippen MR) is 88.8 cm³/mol. The fourth-order valence-electron chi connectivity index (χ4n) is 2.73. The van der Waals surface area contributed by atoms with Crippen molar-refractivity contribution < 1.29 is 23.9 Å². The van der Waals surface area contributed by atoms with E-state index in [0.717, 1.165) is 9.48 Å². The van der Waals surface area contributed by atoms with Crippen LogP contribution in [0.15, 0.2) is 28.7 Å². The van der Waals surface area contributed by atoms with Crippen molar-refractivity contribution in [1.29, 1.82) is 0 Å². The lowest BCUT2D eigenvalue weighted by molar-refractivity contribution is -0.203. The highest BCUT2D eigenvalue weighted by Crippen LogP contribution is 2.44. The van der Waals surface area contributed by atoms with E-state index in [4.69, 9.17) is 9.47 Å². The maximum Gasteiger partial charge on any atom is 0.436 e. The molecule has 1 atom stereocenters. The van der Waals surface area contributed by atoms with Crippen LogP contribution in [0.1, 0.15) is 32.8 Å². The standard InChI is InChI=1S/C16H19BrN2O5/c1-4-16(11-7-9-12(17)10-8-11)13(20)18(14(21)23-5-2)19(16)15(22)24-6-3/h7-10H,4-6H2,1-3H3/t16-/m1/s1. The van der Waals surface area contributed by atoms with Gasteiger partial charge in [0, 0.05) is 4.47 Å². The maximum atomic E-state index is 12.8. The summed E-state index contributed by atoms with van der Waals surface area (Å²) in [7, 11) is 0. The largest absolute Gasteiger partial charge is 0.448 e. The van der Waals surface area contributed by atoms with Crippen LogP contribution >= 0.6 is 15.9 Å². The van der Waals surface area contributed by atoms with Crippen molar-refractivity contribution in [2.24, 2.45) is 0 Å². The van der Waals surface area contributed by atoms with E-state index in [1.165, 1.54) is 0 Å². The van der Waals surface area contributed by atoms with Crippen molar-refractivity contribution in [3.8, 4) is 0 Å². The van der Waals surface area contributed by atoms with Gasteiger partial charge < -0.3 is 9.47 Å². The molecule has 0 unspecified atom stereocenters. The number of hydrogen-bond donors (Lipinski definition) is 0. The van der Waals surface area contributed by atoms with Crippen LogP contribution in [0, 0.1) is 0 Å². The van der Waals surface area contributed by atoms with Crippen LogP contribution in [0.25, 0.3) is 0 Å². The molecule has 1 aliphatic rings. The summed E-state index contributed by atoms with van der Waals surface area (Å²) < 4.78 is 10.7. The summed E-state index contributed by atoms with van der Waals surface area (Å²) in [5.41, 5.74) is -0.675. The zero-order valence-electron chi connectivity index (χ0n) is 13.7. The second-order valence-electron chi connectivity index (χ2n) is 5.05. The number of hydrogen-bond acceptors (Lipinski definition) is 5. The van der Waals surface area contributed by atoms with Crippen LogP contribution < -0.4 is 0 Å². The molecule has 0 spiro atoms. The smallest absolute Gasteiger partial charge is 0.436 e. The quantitative estimate of drug-likeness (QED) is 0.776. The van der Waals surface area contributed by atoms with E-state index in [0.29, 0.717) is 17.0 Å². The number of nitrogens with zero attached hydrogens (tertiary/aromatic N) is 2. The first-order chi connectivity index (χ1) is 11.4. The van der Waals surface area contributed by atoms with E-state index < -0.39 is 23.6 Å². The van der Waals surface area contributed by atoms with Crippen LogP contribution in [0.3, 0.4) is 0 Å². The second-order valence-corrected chi connectivity index (χ2v) is 5.96. The van der Waals surface area contributed by atoms with Gasteiger partial charge in [0.1, 0.15) is 0 Å². The Balaban J connectivity index is 2.48. The van der Waals surface area contributed by atoms with Gasteiger partial charge in [-0.15, -0.1) is 5.01 Å². The molecule has 0 aromatic heterocycles. The summed E-state index contributed by atoms with van der Waals surface area (Å²) in [6.45, 7) is 5.27. The Kier molecular flexibility index (Phi) is 5.48. The van der Waals surface area contributed by atoms with E-state index in [9.17, 15) is 14.4 Å². The molecule has 0 aliphatic carbocycles. The third-order valence-corrected chi connectivity index (χ3v) is 4.35. The number of ether oxygens (including phenoxy) is 2. The number of benzene rings is 1. The molecule has 3 amide bonds. The SMILES string of the molecule is CCOC(=O)N1C(=O)[C@@](CC)(c2ccc(Br)cc2)N1C(=O)OCC. The fraction of sp³-hybridized carbons (Fsp3) is 0.438. The lowest BCUT2D eigenvalue weighted by Crippen LogP contribution is -2.77. The normalized spacial score (nSPS) is 19.8. The lowest BCUT2D eigenvalue weighted by atomic mass is 9.81. The van der Waals surface area contributed by atoms with E-state index in [1.807, 2.05) is 0 Å². The zero-order valence-corrected chi connectivity index (χ0v) is 15.3. The van der Waals surface area contributed by atoms with E-state index in [-0.39, 0.29) is 13.2 Å². The minimum absolute atomic E-state index is 0.0939. The molecule has 0 saturated carbocycles. The van der Waals surface area contributed by atoms with Crippen molar-refractivity contribution in [3.05, 3.63) is 34.3 Å². The van der Waals surface area contributed by atoms with Gasteiger partial charge in [-0.05, 0) is 38.0 Å². The molecule has 7 nitrogen and oxygen atoms in total. The van der Waals surface area contributed by atoms with Gasteiger partial charge >= 0.3 is 12.2 Å². The minimum Gasteiger partial charge on any atom is -0.448 e. The minimum atomic E-state index is -1.28. The third kappa shape index (κ3) is 2.75. The Hall–Kier alpha value is -2.09. The molecule has 8 heteroatoms. The lowest BCUT2D eigenvalue weighted by Gasteiger charge is -2.54. The molecule has 1 fully saturated rings. The Morgan fingerprint density at radius 3 is 2.08 bits per heavy atom. The van der Waals surface area contributed by atoms with Crippen molar-refractivity contribution >= 4 is 34.0 Å². The van der Waals surface area contributed by atoms with Gasteiger partial charge in [-0.2, -0.15) is 5.01 Å². The average Bonchev–Trinajstić information content (AvgIpc) is 2.55. The molecule has 0 radical (unpaired) electrons. The van der Waals surface area contributed by atoms with Gasteiger partial charge in [-0.1, -0.05) is 35.0 Å². The number of carbonyl (C=O) groups is 3. The summed E-state index contributed by atoms with van der Waals surface area (Å²) >= 11 is 3.34. The van der Waals surface area contributed by atoms with Crippen molar-refractivity contribution in [2.45, 2.75) is 32.7 Å². The molecule has 1 aromatic rings. The Bertz CT molecular complexity index is 648. The van der Waals surface area contributed by atoms with E-state index >= 15 is 0 Å². The first-order valence-electron chi connectivity index (χ1n) is 7.68. The van der Waals surface area contributed by atoms with Gasteiger partial charge in [0.05, 0.1) is 13.2 Å².